The van der Waals surface area contributed by atoms with Crippen LogP contribution in [0.25, 0.3) is 0 Å². The molecule has 3 rings (SSSR count). The molecule has 2 aromatic rings. The third kappa shape index (κ3) is 4.24. The predicted octanol–water partition coefficient (Wildman–Crippen LogP) is 1.23. The minimum absolute atomic E-state index is 0.00394. The van der Waals surface area contributed by atoms with Crippen molar-refractivity contribution in [1.29, 1.82) is 0 Å². The minimum Gasteiger partial charge on any atom is -0.459 e. The number of hydrogen-bond donors (Lipinski definition) is 1. The van der Waals surface area contributed by atoms with E-state index in [1.807, 2.05) is 30.3 Å². The summed E-state index contributed by atoms with van der Waals surface area (Å²) in [6, 6.07) is 10.2. The first-order valence-corrected chi connectivity index (χ1v) is 8.13. The lowest BCUT2D eigenvalue weighted by atomic mass is 10.2. The van der Waals surface area contributed by atoms with Gasteiger partial charge in [-0.15, -0.1) is 0 Å². The number of amides is 1. The van der Waals surface area contributed by atoms with E-state index in [0.717, 1.165) is 5.56 Å². The molecule has 132 valence electrons. The summed E-state index contributed by atoms with van der Waals surface area (Å²) in [6.45, 7) is 2.01. The second-order valence-corrected chi connectivity index (χ2v) is 6.16. The molecule has 7 heteroatoms. The lowest BCUT2D eigenvalue weighted by Gasteiger charge is -2.22. The van der Waals surface area contributed by atoms with Crippen LogP contribution in [0, 0.1) is 6.92 Å². The Morgan fingerprint density at radius 2 is 2.12 bits per heavy atom. The van der Waals surface area contributed by atoms with Crippen LogP contribution in [0.2, 0.25) is 0 Å². The van der Waals surface area contributed by atoms with Gasteiger partial charge in [0.2, 0.25) is 5.91 Å². The Balaban J connectivity index is 1.62. The van der Waals surface area contributed by atoms with E-state index in [1.165, 1.54) is 4.90 Å². The van der Waals surface area contributed by atoms with Crippen molar-refractivity contribution < 1.29 is 24.0 Å². The molecular weight excluding hydrogens is 324 g/mol. The van der Waals surface area contributed by atoms with Crippen molar-refractivity contribution in [2.24, 2.45) is 0 Å². The molecule has 7 nitrogen and oxygen atoms in total. The maximum atomic E-state index is 12.5. The number of β-amino-alcohol motifs (C(OH)–C–C–N with tert-alkyl or cyclic N) is 1. The van der Waals surface area contributed by atoms with Gasteiger partial charge in [-0.3, -0.25) is 4.79 Å². The van der Waals surface area contributed by atoms with Crippen LogP contribution in [0.1, 0.15) is 23.4 Å². The van der Waals surface area contributed by atoms with Gasteiger partial charge in [0, 0.05) is 19.0 Å². The first-order chi connectivity index (χ1) is 12.0. The molecule has 0 bridgehead atoms. The van der Waals surface area contributed by atoms with Crippen molar-refractivity contribution in [3.8, 4) is 0 Å². The predicted molar refractivity (Wildman–Crippen MR) is 87.3 cm³/mol. The van der Waals surface area contributed by atoms with Crippen molar-refractivity contribution >= 4 is 11.9 Å². The van der Waals surface area contributed by atoms with Gasteiger partial charge in [0.05, 0.1) is 18.2 Å². The lowest BCUT2D eigenvalue weighted by Crippen LogP contribution is -2.42. The van der Waals surface area contributed by atoms with Crippen LogP contribution in [-0.2, 0) is 27.4 Å². The third-order valence-electron chi connectivity index (χ3n) is 4.10. The zero-order valence-corrected chi connectivity index (χ0v) is 13.9. The Kier molecular flexibility index (Phi) is 5.14. The van der Waals surface area contributed by atoms with Crippen LogP contribution in [0.3, 0.4) is 0 Å². The highest BCUT2D eigenvalue weighted by molar-refractivity contribution is 5.86. The van der Waals surface area contributed by atoms with E-state index in [0.29, 0.717) is 11.5 Å². The number of rotatable bonds is 5. The van der Waals surface area contributed by atoms with Crippen molar-refractivity contribution in [1.82, 2.24) is 10.1 Å². The van der Waals surface area contributed by atoms with E-state index in [1.54, 1.807) is 13.0 Å². The van der Waals surface area contributed by atoms with E-state index in [2.05, 4.69) is 5.16 Å². The van der Waals surface area contributed by atoms with Crippen molar-refractivity contribution in [2.75, 3.05) is 6.54 Å². The standard InChI is InChI=1S/C18H20N2O5/c1-12-7-15(25-19-12)9-17(22)20-10-14(21)8-16(20)18(23)24-11-13-5-3-2-4-6-13/h2-7,14,16,21H,8-11H2,1H3/t14-,16+/m1/s1. The summed E-state index contributed by atoms with van der Waals surface area (Å²) in [4.78, 5) is 26.2. The number of aliphatic hydroxyl groups is 1. The summed E-state index contributed by atoms with van der Waals surface area (Å²) in [6.07, 6.45) is -0.570. The first kappa shape index (κ1) is 17.2. The second-order valence-electron chi connectivity index (χ2n) is 6.16. The Bertz CT molecular complexity index is 743. The number of carbonyl (C=O) groups excluding carboxylic acids is 2. The molecular formula is C18H20N2O5. The average Bonchev–Trinajstić information content (AvgIpc) is 3.19. The molecule has 1 saturated heterocycles. The van der Waals surface area contributed by atoms with Crippen molar-refractivity contribution in [3.63, 3.8) is 0 Å². The maximum Gasteiger partial charge on any atom is 0.329 e. The van der Waals surface area contributed by atoms with E-state index >= 15 is 0 Å². The number of nitrogens with zero attached hydrogens (tertiary/aromatic N) is 2. The van der Waals surface area contributed by atoms with E-state index in [4.69, 9.17) is 9.26 Å². The minimum atomic E-state index is -0.782. The molecule has 1 aromatic heterocycles. The first-order valence-electron chi connectivity index (χ1n) is 8.13. The Hall–Kier alpha value is -2.67. The number of aryl methyl sites for hydroxylation is 1. The number of aliphatic hydroxyl groups excluding tert-OH is 1. The zero-order chi connectivity index (χ0) is 17.8. The molecule has 0 aliphatic carbocycles. The zero-order valence-electron chi connectivity index (χ0n) is 13.9. The molecule has 0 spiro atoms. The number of hydrogen-bond acceptors (Lipinski definition) is 6. The molecule has 1 N–H and O–H groups in total. The number of likely N-dealkylation sites (tertiary alicyclic amines) is 1. The van der Waals surface area contributed by atoms with Crippen molar-refractivity contribution in [2.45, 2.75) is 38.5 Å². The summed E-state index contributed by atoms with van der Waals surface area (Å²) >= 11 is 0. The highest BCUT2D eigenvalue weighted by Crippen LogP contribution is 2.21. The molecule has 1 fully saturated rings. The normalized spacial score (nSPS) is 19.8. The molecule has 1 aliphatic rings. The van der Waals surface area contributed by atoms with Crippen LogP contribution in [-0.4, -0.2) is 45.7 Å². The smallest absolute Gasteiger partial charge is 0.329 e. The fraction of sp³-hybridized carbons (Fsp3) is 0.389. The highest BCUT2D eigenvalue weighted by atomic mass is 16.5. The van der Waals surface area contributed by atoms with Crippen LogP contribution < -0.4 is 0 Å². The molecule has 2 atom stereocenters. The van der Waals surface area contributed by atoms with Gasteiger partial charge in [-0.1, -0.05) is 35.5 Å². The topological polar surface area (TPSA) is 92.9 Å². The lowest BCUT2D eigenvalue weighted by molar-refractivity contribution is -0.154. The summed E-state index contributed by atoms with van der Waals surface area (Å²) < 4.78 is 10.4. The van der Waals surface area contributed by atoms with Gasteiger partial charge in [0.25, 0.3) is 0 Å². The molecule has 1 aromatic carbocycles. The fourth-order valence-corrected chi connectivity index (χ4v) is 2.89. The van der Waals surface area contributed by atoms with Gasteiger partial charge in [0.15, 0.2) is 0 Å². The van der Waals surface area contributed by atoms with Gasteiger partial charge in [-0.25, -0.2) is 4.79 Å². The number of carbonyl (C=O) groups is 2. The number of benzene rings is 1. The number of aromatic nitrogens is 1. The monoisotopic (exact) mass is 344 g/mol. The van der Waals surface area contributed by atoms with Gasteiger partial charge < -0.3 is 19.3 Å². The fourth-order valence-electron chi connectivity index (χ4n) is 2.89. The SMILES string of the molecule is Cc1cc(CC(=O)N2C[C@H](O)C[C@H]2C(=O)OCc2ccccc2)on1. The summed E-state index contributed by atoms with van der Waals surface area (Å²) in [5.41, 5.74) is 1.55. The second kappa shape index (κ2) is 7.48. The Labute approximate surface area is 145 Å². The molecule has 0 saturated carbocycles. The molecule has 1 amide bonds. The van der Waals surface area contributed by atoms with E-state index < -0.39 is 18.1 Å². The molecule has 0 unspecified atom stereocenters. The molecule has 2 heterocycles. The summed E-state index contributed by atoms with van der Waals surface area (Å²) in [5.74, 6) is -0.378. The van der Waals surface area contributed by atoms with Gasteiger partial charge >= 0.3 is 5.97 Å². The molecule has 1 aliphatic heterocycles. The van der Waals surface area contributed by atoms with Crippen molar-refractivity contribution in [3.05, 3.63) is 53.4 Å². The summed E-state index contributed by atoms with van der Waals surface area (Å²) in [5, 5.41) is 13.6. The molecule has 0 radical (unpaired) electrons. The van der Waals surface area contributed by atoms with Crippen LogP contribution in [0.5, 0.6) is 0 Å². The van der Waals surface area contributed by atoms with Crippen LogP contribution in [0.4, 0.5) is 0 Å². The highest BCUT2D eigenvalue weighted by Gasteiger charge is 2.40. The summed E-state index contributed by atoms with van der Waals surface area (Å²) in [7, 11) is 0. The quantitative estimate of drug-likeness (QED) is 0.820. The third-order valence-corrected chi connectivity index (χ3v) is 4.10. The number of esters is 1. The van der Waals surface area contributed by atoms with Crippen LogP contribution >= 0.6 is 0 Å². The van der Waals surface area contributed by atoms with E-state index in [9.17, 15) is 14.7 Å². The van der Waals surface area contributed by atoms with Crippen LogP contribution in [0.15, 0.2) is 40.9 Å². The largest absolute Gasteiger partial charge is 0.459 e. The van der Waals surface area contributed by atoms with Gasteiger partial charge in [-0.2, -0.15) is 0 Å². The Morgan fingerprint density at radius 1 is 1.36 bits per heavy atom. The van der Waals surface area contributed by atoms with Gasteiger partial charge in [0.1, 0.15) is 18.4 Å². The number of ether oxygens (including phenoxy) is 1. The Morgan fingerprint density at radius 3 is 2.80 bits per heavy atom. The van der Waals surface area contributed by atoms with Gasteiger partial charge in [-0.05, 0) is 12.5 Å². The average molecular weight is 344 g/mol. The molecule has 25 heavy (non-hydrogen) atoms. The maximum absolute atomic E-state index is 12.5. The van der Waals surface area contributed by atoms with E-state index in [-0.39, 0.29) is 31.9 Å².